The second-order valence-corrected chi connectivity index (χ2v) is 5.07. The molecule has 0 saturated carbocycles. The summed E-state index contributed by atoms with van der Waals surface area (Å²) in [6.45, 7) is 0. The van der Waals surface area contributed by atoms with Crippen LogP contribution in [0.1, 0.15) is 6.42 Å². The van der Waals surface area contributed by atoms with Crippen LogP contribution in [-0.4, -0.2) is 46.6 Å². The largest absolute Gasteiger partial charge is 0.368 e. The molecule has 88 valence electrons. The maximum Gasteiger partial charge on any atom is 0.231 e. The predicted molar refractivity (Wildman–Crippen MR) is 67.9 cm³/mol. The molecule has 0 radical (unpaired) electrons. The van der Waals surface area contributed by atoms with Crippen molar-refractivity contribution in [3.8, 4) is 0 Å². The highest BCUT2D eigenvalue weighted by Gasteiger charge is 2.17. The van der Waals surface area contributed by atoms with Gasteiger partial charge in [0.15, 0.2) is 0 Å². The van der Waals surface area contributed by atoms with E-state index in [4.69, 9.17) is 5.73 Å². The van der Waals surface area contributed by atoms with Gasteiger partial charge in [0.2, 0.25) is 17.8 Å². The van der Waals surface area contributed by atoms with Crippen LogP contribution in [0, 0.1) is 0 Å². The maximum absolute atomic E-state index is 5.64. The normalized spacial score (nSPS) is 19.8. The van der Waals surface area contributed by atoms with E-state index in [0.717, 1.165) is 12.2 Å². The number of aromatic nitrogens is 3. The van der Waals surface area contributed by atoms with E-state index < -0.39 is 0 Å². The summed E-state index contributed by atoms with van der Waals surface area (Å²) in [4.78, 5) is 14.2. The van der Waals surface area contributed by atoms with Crippen molar-refractivity contribution in [1.29, 1.82) is 0 Å². The van der Waals surface area contributed by atoms with Crippen LogP contribution in [0.4, 0.5) is 17.8 Å². The fraction of sp³-hybridized carbons (Fsp3) is 0.667. The summed E-state index contributed by atoms with van der Waals surface area (Å²) in [5.74, 6) is 3.71. The Hall–Kier alpha value is -1.24. The number of hydrogen-bond acceptors (Lipinski definition) is 7. The average Bonchev–Trinajstić information content (AvgIpc) is 2.69. The summed E-state index contributed by atoms with van der Waals surface area (Å²) in [7, 11) is 3.76. The summed E-state index contributed by atoms with van der Waals surface area (Å²) < 4.78 is 0. The molecule has 0 amide bonds. The van der Waals surface area contributed by atoms with Crippen LogP contribution in [0.5, 0.6) is 0 Å². The highest BCUT2D eigenvalue weighted by atomic mass is 32.2. The van der Waals surface area contributed by atoms with Crippen molar-refractivity contribution in [2.45, 2.75) is 12.5 Å². The Morgan fingerprint density at radius 1 is 1.38 bits per heavy atom. The average molecular weight is 240 g/mol. The maximum atomic E-state index is 5.64. The van der Waals surface area contributed by atoms with Gasteiger partial charge in [-0.15, -0.1) is 0 Å². The molecule has 0 bridgehead atoms. The molecule has 1 aliphatic rings. The molecule has 16 heavy (non-hydrogen) atoms. The minimum atomic E-state index is 0.256. The molecule has 0 spiro atoms. The zero-order valence-electron chi connectivity index (χ0n) is 9.47. The third-order valence-electron chi connectivity index (χ3n) is 2.30. The lowest BCUT2D eigenvalue weighted by molar-refractivity contribution is 0.794. The molecule has 2 rings (SSSR count). The molecule has 0 aliphatic carbocycles. The van der Waals surface area contributed by atoms with Crippen LogP contribution in [-0.2, 0) is 0 Å². The van der Waals surface area contributed by atoms with Crippen LogP contribution >= 0.6 is 11.8 Å². The lowest BCUT2D eigenvalue weighted by Crippen LogP contribution is -2.22. The molecule has 1 unspecified atom stereocenters. The molecule has 1 saturated heterocycles. The van der Waals surface area contributed by atoms with E-state index in [2.05, 4.69) is 20.3 Å². The Morgan fingerprint density at radius 2 is 2.19 bits per heavy atom. The van der Waals surface area contributed by atoms with Gasteiger partial charge >= 0.3 is 0 Å². The molecule has 7 heteroatoms. The van der Waals surface area contributed by atoms with Crippen LogP contribution in [0.2, 0.25) is 0 Å². The van der Waals surface area contributed by atoms with Crippen molar-refractivity contribution < 1.29 is 0 Å². The van der Waals surface area contributed by atoms with E-state index in [1.54, 1.807) is 0 Å². The molecule has 6 nitrogen and oxygen atoms in total. The van der Waals surface area contributed by atoms with Gasteiger partial charge in [0.25, 0.3) is 0 Å². The highest BCUT2D eigenvalue weighted by molar-refractivity contribution is 7.99. The number of nitrogens with one attached hydrogen (secondary N) is 1. The number of anilines is 3. The van der Waals surface area contributed by atoms with E-state index in [9.17, 15) is 0 Å². The van der Waals surface area contributed by atoms with Crippen molar-refractivity contribution in [2.75, 3.05) is 41.6 Å². The fourth-order valence-corrected chi connectivity index (χ4v) is 2.63. The van der Waals surface area contributed by atoms with Crippen LogP contribution in [0.25, 0.3) is 0 Å². The van der Waals surface area contributed by atoms with Gasteiger partial charge in [-0.05, 0) is 12.2 Å². The van der Waals surface area contributed by atoms with E-state index in [1.807, 2.05) is 30.8 Å². The lowest BCUT2D eigenvalue weighted by Gasteiger charge is -2.14. The number of thioether (sulfide) groups is 1. The molecular weight excluding hydrogens is 224 g/mol. The molecular formula is C9H16N6S. The Morgan fingerprint density at radius 3 is 2.81 bits per heavy atom. The third-order valence-corrected chi connectivity index (χ3v) is 3.47. The zero-order valence-corrected chi connectivity index (χ0v) is 10.3. The molecule has 1 aromatic rings. The first-order chi connectivity index (χ1) is 7.65. The summed E-state index contributed by atoms with van der Waals surface area (Å²) in [6, 6.07) is 0.446. The van der Waals surface area contributed by atoms with Gasteiger partial charge in [0, 0.05) is 25.9 Å². The molecule has 1 atom stereocenters. The van der Waals surface area contributed by atoms with Crippen molar-refractivity contribution in [3.05, 3.63) is 0 Å². The highest BCUT2D eigenvalue weighted by Crippen LogP contribution is 2.20. The summed E-state index contributed by atoms with van der Waals surface area (Å²) in [5, 5.41) is 3.29. The van der Waals surface area contributed by atoms with Gasteiger partial charge in [-0.25, -0.2) is 0 Å². The SMILES string of the molecule is CN(C)c1nc(N)nc(NC2CCSC2)n1. The summed E-state index contributed by atoms with van der Waals surface area (Å²) in [5.41, 5.74) is 5.64. The fourth-order valence-electron chi connectivity index (χ4n) is 1.48. The second kappa shape index (κ2) is 4.73. The summed E-state index contributed by atoms with van der Waals surface area (Å²) >= 11 is 1.94. The second-order valence-electron chi connectivity index (χ2n) is 3.92. The standard InChI is InChI=1S/C9H16N6S/c1-15(2)9-13-7(10)12-8(14-9)11-6-3-4-16-5-6/h6H,3-5H2,1-2H3,(H3,10,11,12,13,14). The van der Waals surface area contributed by atoms with Crippen LogP contribution in [0.3, 0.4) is 0 Å². The van der Waals surface area contributed by atoms with Crippen molar-refractivity contribution in [2.24, 2.45) is 0 Å². The quantitative estimate of drug-likeness (QED) is 0.793. The third kappa shape index (κ3) is 2.66. The van der Waals surface area contributed by atoms with Gasteiger partial charge in [-0.2, -0.15) is 26.7 Å². The lowest BCUT2D eigenvalue weighted by atomic mass is 10.3. The Labute approximate surface area is 99.0 Å². The first kappa shape index (κ1) is 11.3. The monoisotopic (exact) mass is 240 g/mol. The van der Waals surface area contributed by atoms with E-state index in [0.29, 0.717) is 17.9 Å². The molecule has 3 N–H and O–H groups in total. The van der Waals surface area contributed by atoms with Crippen molar-refractivity contribution in [3.63, 3.8) is 0 Å². The van der Waals surface area contributed by atoms with Gasteiger partial charge in [-0.3, -0.25) is 0 Å². The first-order valence-corrected chi connectivity index (χ1v) is 6.34. The number of nitrogen functional groups attached to an aromatic ring is 1. The minimum Gasteiger partial charge on any atom is -0.368 e. The van der Waals surface area contributed by atoms with Gasteiger partial charge in [0.1, 0.15) is 0 Å². The van der Waals surface area contributed by atoms with Crippen LogP contribution in [0.15, 0.2) is 0 Å². The molecule has 2 heterocycles. The Kier molecular flexibility index (Phi) is 3.33. The summed E-state index contributed by atoms with van der Waals surface area (Å²) in [6.07, 6.45) is 1.15. The van der Waals surface area contributed by atoms with E-state index in [-0.39, 0.29) is 5.95 Å². The van der Waals surface area contributed by atoms with E-state index in [1.165, 1.54) is 5.75 Å². The number of nitrogens with zero attached hydrogens (tertiary/aromatic N) is 4. The smallest absolute Gasteiger partial charge is 0.231 e. The number of nitrogens with two attached hydrogens (primary N) is 1. The van der Waals surface area contributed by atoms with Crippen molar-refractivity contribution >= 4 is 29.6 Å². The predicted octanol–water partition coefficient (Wildman–Crippen LogP) is 0.437. The van der Waals surface area contributed by atoms with Gasteiger partial charge in [0.05, 0.1) is 0 Å². The number of hydrogen-bond donors (Lipinski definition) is 2. The molecule has 1 aromatic heterocycles. The Balaban J connectivity index is 2.13. The molecule has 0 aromatic carbocycles. The molecule has 1 aliphatic heterocycles. The first-order valence-electron chi connectivity index (χ1n) is 5.18. The zero-order chi connectivity index (χ0) is 11.5. The molecule has 1 fully saturated rings. The van der Waals surface area contributed by atoms with Crippen LogP contribution < -0.4 is 16.0 Å². The number of rotatable bonds is 3. The van der Waals surface area contributed by atoms with Gasteiger partial charge in [-0.1, -0.05) is 0 Å². The Bertz CT molecular complexity index is 363. The van der Waals surface area contributed by atoms with Gasteiger partial charge < -0.3 is 16.0 Å². The van der Waals surface area contributed by atoms with Crippen molar-refractivity contribution in [1.82, 2.24) is 15.0 Å². The minimum absolute atomic E-state index is 0.256. The van der Waals surface area contributed by atoms with E-state index >= 15 is 0 Å². The topological polar surface area (TPSA) is 80.0 Å².